The average molecular weight is 408 g/mol. The Kier molecular flexibility index (Phi) is 7.34. The maximum absolute atomic E-state index is 12.3. The van der Waals surface area contributed by atoms with Gasteiger partial charge in [-0.1, -0.05) is 17.7 Å². The minimum Gasteiger partial charge on any atom is -0.493 e. The van der Waals surface area contributed by atoms with E-state index in [1.54, 1.807) is 12.1 Å². The first kappa shape index (κ1) is 21.2. The molecule has 0 heterocycles. The molecule has 0 aliphatic rings. The standard InChI is InChI=1S/C19H22ClN3O5/c1-11-13(20)6-5-7-14(11)21-10-17(24)22-23-19(25)12-8-15(26-2)18(28-4)16(9-12)27-3/h5-9,21H,10H2,1-4H3,(H,22,24)(H,23,25). The van der Waals surface area contributed by atoms with E-state index in [0.29, 0.717) is 22.3 Å². The van der Waals surface area contributed by atoms with E-state index in [1.165, 1.54) is 33.5 Å². The summed E-state index contributed by atoms with van der Waals surface area (Å²) >= 11 is 6.04. The summed E-state index contributed by atoms with van der Waals surface area (Å²) in [7, 11) is 4.36. The van der Waals surface area contributed by atoms with E-state index in [1.807, 2.05) is 13.0 Å². The number of carbonyl (C=O) groups is 2. The van der Waals surface area contributed by atoms with Gasteiger partial charge in [-0.3, -0.25) is 20.4 Å². The third-order valence-electron chi connectivity index (χ3n) is 3.95. The molecule has 0 unspecified atom stereocenters. The number of carbonyl (C=O) groups excluding carboxylic acids is 2. The van der Waals surface area contributed by atoms with Crippen LogP contribution in [0.4, 0.5) is 5.69 Å². The first-order valence-corrected chi connectivity index (χ1v) is 8.67. The predicted molar refractivity (Wildman–Crippen MR) is 106 cm³/mol. The first-order chi connectivity index (χ1) is 13.4. The molecule has 0 fully saturated rings. The summed E-state index contributed by atoms with van der Waals surface area (Å²) in [6.45, 7) is 1.80. The highest BCUT2D eigenvalue weighted by Crippen LogP contribution is 2.38. The summed E-state index contributed by atoms with van der Waals surface area (Å²) in [5.74, 6) is 0.0613. The monoisotopic (exact) mass is 407 g/mol. The molecular weight excluding hydrogens is 386 g/mol. The lowest BCUT2D eigenvalue weighted by molar-refractivity contribution is -0.120. The van der Waals surface area contributed by atoms with Crippen molar-refractivity contribution in [1.82, 2.24) is 10.9 Å². The van der Waals surface area contributed by atoms with E-state index in [2.05, 4.69) is 16.2 Å². The molecular formula is C19H22ClN3O5. The van der Waals surface area contributed by atoms with E-state index in [-0.39, 0.29) is 12.1 Å². The second-order valence-electron chi connectivity index (χ2n) is 5.68. The summed E-state index contributed by atoms with van der Waals surface area (Å²) in [6, 6.07) is 8.32. The van der Waals surface area contributed by atoms with Crippen LogP contribution in [0.3, 0.4) is 0 Å². The highest BCUT2D eigenvalue weighted by molar-refractivity contribution is 6.31. The van der Waals surface area contributed by atoms with Crippen LogP contribution < -0.4 is 30.4 Å². The Labute approximate surface area is 168 Å². The first-order valence-electron chi connectivity index (χ1n) is 8.29. The van der Waals surface area contributed by atoms with Crippen molar-refractivity contribution in [1.29, 1.82) is 0 Å². The zero-order valence-electron chi connectivity index (χ0n) is 16.0. The van der Waals surface area contributed by atoms with Crippen LogP contribution in [0.2, 0.25) is 5.02 Å². The second kappa shape index (κ2) is 9.70. The third-order valence-corrected chi connectivity index (χ3v) is 4.36. The van der Waals surface area contributed by atoms with Gasteiger partial charge in [0.25, 0.3) is 11.8 Å². The molecule has 0 bridgehead atoms. The molecule has 3 N–H and O–H groups in total. The molecule has 0 aliphatic heterocycles. The number of nitrogens with one attached hydrogen (secondary N) is 3. The van der Waals surface area contributed by atoms with E-state index in [9.17, 15) is 9.59 Å². The van der Waals surface area contributed by atoms with Gasteiger partial charge in [-0.25, -0.2) is 0 Å². The molecule has 9 heteroatoms. The molecule has 0 radical (unpaired) electrons. The van der Waals surface area contributed by atoms with Gasteiger partial charge >= 0.3 is 0 Å². The van der Waals surface area contributed by atoms with Gasteiger partial charge in [-0.05, 0) is 36.8 Å². The van der Waals surface area contributed by atoms with Gasteiger partial charge in [-0.15, -0.1) is 0 Å². The van der Waals surface area contributed by atoms with Crippen LogP contribution in [-0.2, 0) is 4.79 Å². The fourth-order valence-electron chi connectivity index (χ4n) is 2.43. The van der Waals surface area contributed by atoms with Crippen LogP contribution in [-0.4, -0.2) is 39.7 Å². The molecule has 2 amide bonds. The minimum absolute atomic E-state index is 0.0449. The number of rotatable bonds is 7. The Morgan fingerprint density at radius 2 is 1.64 bits per heavy atom. The van der Waals surface area contributed by atoms with Crippen LogP contribution in [0.15, 0.2) is 30.3 Å². The summed E-state index contributed by atoms with van der Waals surface area (Å²) < 4.78 is 15.6. The molecule has 0 spiro atoms. The molecule has 0 saturated heterocycles. The van der Waals surface area contributed by atoms with Gasteiger partial charge in [0, 0.05) is 16.3 Å². The highest BCUT2D eigenvalue weighted by atomic mass is 35.5. The second-order valence-corrected chi connectivity index (χ2v) is 6.09. The Bertz CT molecular complexity index is 848. The summed E-state index contributed by atoms with van der Waals surface area (Å²) in [6.07, 6.45) is 0. The van der Waals surface area contributed by atoms with Crippen LogP contribution in [0, 0.1) is 6.92 Å². The van der Waals surface area contributed by atoms with Crippen molar-refractivity contribution in [3.05, 3.63) is 46.5 Å². The van der Waals surface area contributed by atoms with Crippen molar-refractivity contribution in [2.75, 3.05) is 33.2 Å². The van der Waals surface area contributed by atoms with Crippen molar-refractivity contribution >= 4 is 29.1 Å². The molecule has 0 saturated carbocycles. The molecule has 2 aromatic rings. The van der Waals surface area contributed by atoms with E-state index < -0.39 is 11.8 Å². The van der Waals surface area contributed by atoms with Gasteiger partial charge in [0.1, 0.15) is 0 Å². The lowest BCUT2D eigenvalue weighted by Gasteiger charge is -2.14. The van der Waals surface area contributed by atoms with Gasteiger partial charge < -0.3 is 19.5 Å². The average Bonchev–Trinajstić information content (AvgIpc) is 2.71. The van der Waals surface area contributed by atoms with E-state index >= 15 is 0 Å². The molecule has 0 atom stereocenters. The predicted octanol–water partition coefficient (Wildman–Crippen LogP) is 2.55. The highest BCUT2D eigenvalue weighted by Gasteiger charge is 2.17. The number of anilines is 1. The summed E-state index contributed by atoms with van der Waals surface area (Å²) in [4.78, 5) is 24.3. The third kappa shape index (κ3) is 4.98. The van der Waals surface area contributed by atoms with E-state index in [4.69, 9.17) is 25.8 Å². The Morgan fingerprint density at radius 1 is 1.00 bits per heavy atom. The Balaban J connectivity index is 1.98. The lowest BCUT2D eigenvalue weighted by Crippen LogP contribution is -2.44. The van der Waals surface area contributed by atoms with Crippen molar-refractivity contribution in [2.24, 2.45) is 0 Å². The zero-order valence-corrected chi connectivity index (χ0v) is 16.8. The molecule has 2 rings (SSSR count). The lowest BCUT2D eigenvalue weighted by atomic mass is 10.1. The molecule has 0 aromatic heterocycles. The largest absolute Gasteiger partial charge is 0.493 e. The molecule has 150 valence electrons. The molecule has 28 heavy (non-hydrogen) atoms. The Morgan fingerprint density at radius 3 is 2.21 bits per heavy atom. The van der Waals surface area contributed by atoms with Crippen LogP contribution >= 0.6 is 11.6 Å². The molecule has 8 nitrogen and oxygen atoms in total. The molecule has 2 aromatic carbocycles. The number of benzene rings is 2. The smallest absolute Gasteiger partial charge is 0.269 e. The maximum atomic E-state index is 12.3. The summed E-state index contributed by atoms with van der Waals surface area (Å²) in [5.41, 5.74) is 6.48. The summed E-state index contributed by atoms with van der Waals surface area (Å²) in [5, 5.41) is 3.56. The van der Waals surface area contributed by atoms with Gasteiger partial charge in [0.05, 0.1) is 27.9 Å². The SMILES string of the molecule is COc1cc(C(=O)NNC(=O)CNc2cccc(Cl)c2C)cc(OC)c1OC. The topological polar surface area (TPSA) is 97.9 Å². The number of methoxy groups -OCH3 is 3. The number of halogens is 1. The number of hydrogen-bond donors (Lipinski definition) is 3. The quantitative estimate of drug-likeness (QED) is 0.610. The van der Waals surface area contributed by atoms with Crippen molar-refractivity contribution in [3.8, 4) is 17.2 Å². The number of amides is 2. The molecule has 0 aliphatic carbocycles. The zero-order chi connectivity index (χ0) is 20.7. The van der Waals surface area contributed by atoms with Crippen LogP contribution in [0.25, 0.3) is 0 Å². The maximum Gasteiger partial charge on any atom is 0.269 e. The normalized spacial score (nSPS) is 10.0. The Hall–Kier alpha value is -3.13. The van der Waals surface area contributed by atoms with E-state index in [0.717, 1.165) is 11.3 Å². The van der Waals surface area contributed by atoms with Crippen molar-refractivity contribution < 1.29 is 23.8 Å². The van der Waals surface area contributed by atoms with Crippen LogP contribution in [0.5, 0.6) is 17.2 Å². The number of ether oxygens (including phenoxy) is 3. The van der Waals surface area contributed by atoms with Crippen LogP contribution in [0.1, 0.15) is 15.9 Å². The number of hydrazine groups is 1. The van der Waals surface area contributed by atoms with Gasteiger partial charge in [-0.2, -0.15) is 0 Å². The van der Waals surface area contributed by atoms with Gasteiger partial charge in [0.2, 0.25) is 5.75 Å². The minimum atomic E-state index is -0.536. The fourth-order valence-corrected chi connectivity index (χ4v) is 2.60. The van der Waals surface area contributed by atoms with Gasteiger partial charge in [0.15, 0.2) is 11.5 Å². The van der Waals surface area contributed by atoms with Crippen molar-refractivity contribution in [3.63, 3.8) is 0 Å². The fraction of sp³-hybridized carbons (Fsp3) is 0.263. The van der Waals surface area contributed by atoms with Crippen molar-refractivity contribution in [2.45, 2.75) is 6.92 Å². The number of hydrogen-bond acceptors (Lipinski definition) is 6.